The van der Waals surface area contributed by atoms with Gasteiger partial charge in [0.2, 0.25) is 5.91 Å². The Kier molecular flexibility index (Phi) is 5.36. The number of hydrogen-bond acceptors (Lipinski definition) is 4. The number of carbonyl (C=O) groups is 2. The SMILES string of the molecule is Cc1nc2c(C)cccn2c1C(=O)NCCCC(=O)NCc1ccco1. The first-order valence-electron chi connectivity index (χ1n) is 8.58. The van der Waals surface area contributed by atoms with Crippen LogP contribution in [0.15, 0.2) is 41.1 Å². The van der Waals surface area contributed by atoms with E-state index in [1.165, 1.54) is 0 Å². The van der Waals surface area contributed by atoms with Crippen LogP contribution in [0.4, 0.5) is 0 Å². The third-order valence-corrected chi connectivity index (χ3v) is 4.14. The predicted octanol–water partition coefficient (Wildman–Crippen LogP) is 2.37. The van der Waals surface area contributed by atoms with Gasteiger partial charge in [-0.25, -0.2) is 4.98 Å². The molecule has 2 amide bonds. The van der Waals surface area contributed by atoms with Crippen LogP contribution in [0.5, 0.6) is 0 Å². The molecule has 0 aromatic carbocycles. The first-order chi connectivity index (χ1) is 12.6. The van der Waals surface area contributed by atoms with Gasteiger partial charge in [-0.15, -0.1) is 0 Å². The highest BCUT2D eigenvalue weighted by molar-refractivity contribution is 5.94. The maximum atomic E-state index is 12.5. The van der Waals surface area contributed by atoms with E-state index in [1.54, 1.807) is 22.8 Å². The number of nitrogens with zero attached hydrogens (tertiary/aromatic N) is 2. The van der Waals surface area contributed by atoms with Crippen molar-refractivity contribution in [3.05, 3.63) is 59.4 Å². The normalized spacial score (nSPS) is 10.8. The minimum atomic E-state index is -0.184. The van der Waals surface area contributed by atoms with E-state index in [9.17, 15) is 9.59 Å². The Labute approximate surface area is 151 Å². The molecule has 7 nitrogen and oxygen atoms in total. The highest BCUT2D eigenvalue weighted by atomic mass is 16.3. The topological polar surface area (TPSA) is 88.6 Å². The first kappa shape index (κ1) is 17.7. The second kappa shape index (κ2) is 7.86. The van der Waals surface area contributed by atoms with E-state index in [1.807, 2.05) is 32.2 Å². The van der Waals surface area contributed by atoms with Crippen molar-refractivity contribution in [3.63, 3.8) is 0 Å². The number of aryl methyl sites for hydroxylation is 2. The molecule has 0 radical (unpaired) electrons. The van der Waals surface area contributed by atoms with E-state index in [-0.39, 0.29) is 11.8 Å². The zero-order valence-electron chi connectivity index (χ0n) is 14.9. The van der Waals surface area contributed by atoms with E-state index in [0.29, 0.717) is 43.1 Å². The molecule has 0 aliphatic carbocycles. The molecular weight excluding hydrogens is 332 g/mol. The maximum absolute atomic E-state index is 12.5. The largest absolute Gasteiger partial charge is 0.467 e. The van der Waals surface area contributed by atoms with Crippen LogP contribution < -0.4 is 10.6 Å². The number of nitrogens with one attached hydrogen (secondary N) is 2. The average molecular weight is 354 g/mol. The lowest BCUT2D eigenvalue weighted by atomic mass is 10.2. The lowest BCUT2D eigenvalue weighted by Gasteiger charge is -2.07. The van der Waals surface area contributed by atoms with Crippen LogP contribution in [-0.4, -0.2) is 27.7 Å². The van der Waals surface area contributed by atoms with Crippen LogP contribution in [0.2, 0.25) is 0 Å². The Bertz CT molecular complexity index is 912. The number of pyridine rings is 1. The van der Waals surface area contributed by atoms with Gasteiger partial charge in [-0.2, -0.15) is 0 Å². The summed E-state index contributed by atoms with van der Waals surface area (Å²) < 4.78 is 6.96. The number of rotatable bonds is 7. The van der Waals surface area contributed by atoms with Crippen molar-refractivity contribution in [1.29, 1.82) is 0 Å². The molecule has 0 atom stereocenters. The van der Waals surface area contributed by atoms with Crippen molar-refractivity contribution in [2.24, 2.45) is 0 Å². The molecular formula is C19H22N4O3. The molecule has 136 valence electrons. The van der Waals surface area contributed by atoms with Crippen molar-refractivity contribution in [2.45, 2.75) is 33.2 Å². The fraction of sp³-hybridized carbons (Fsp3) is 0.316. The summed E-state index contributed by atoms with van der Waals surface area (Å²) in [5.74, 6) is 0.457. The van der Waals surface area contributed by atoms with Crippen molar-refractivity contribution in [2.75, 3.05) is 6.54 Å². The number of furan rings is 1. The summed E-state index contributed by atoms with van der Waals surface area (Å²) in [6.07, 6.45) is 4.30. The van der Waals surface area contributed by atoms with Gasteiger partial charge in [0.15, 0.2) is 0 Å². The number of fused-ring (bicyclic) bond motifs is 1. The van der Waals surface area contributed by atoms with Gasteiger partial charge >= 0.3 is 0 Å². The Morgan fingerprint density at radius 3 is 2.81 bits per heavy atom. The zero-order valence-corrected chi connectivity index (χ0v) is 14.9. The highest BCUT2D eigenvalue weighted by Crippen LogP contribution is 2.15. The quantitative estimate of drug-likeness (QED) is 0.638. The minimum absolute atomic E-state index is 0.0720. The molecule has 7 heteroatoms. The summed E-state index contributed by atoms with van der Waals surface area (Å²) in [6.45, 7) is 4.58. The van der Waals surface area contributed by atoms with E-state index >= 15 is 0 Å². The van der Waals surface area contributed by atoms with E-state index in [2.05, 4.69) is 15.6 Å². The summed E-state index contributed by atoms with van der Waals surface area (Å²) in [5, 5.41) is 5.64. The summed E-state index contributed by atoms with van der Waals surface area (Å²) in [4.78, 5) is 28.8. The number of imidazole rings is 1. The van der Waals surface area contributed by atoms with Gasteiger partial charge in [-0.1, -0.05) is 6.07 Å². The Hall–Kier alpha value is -3.09. The van der Waals surface area contributed by atoms with Crippen LogP contribution >= 0.6 is 0 Å². The van der Waals surface area contributed by atoms with Crippen LogP contribution in [0.1, 0.15) is 40.3 Å². The fourth-order valence-electron chi connectivity index (χ4n) is 2.81. The molecule has 0 saturated heterocycles. The van der Waals surface area contributed by atoms with Crippen LogP contribution in [-0.2, 0) is 11.3 Å². The van der Waals surface area contributed by atoms with Gasteiger partial charge in [0.05, 0.1) is 18.5 Å². The molecule has 3 aromatic heterocycles. The second-order valence-corrected chi connectivity index (χ2v) is 6.15. The lowest BCUT2D eigenvalue weighted by Crippen LogP contribution is -2.28. The minimum Gasteiger partial charge on any atom is -0.467 e. The molecule has 3 aromatic rings. The summed E-state index contributed by atoms with van der Waals surface area (Å²) in [6, 6.07) is 7.44. The smallest absolute Gasteiger partial charge is 0.270 e. The third kappa shape index (κ3) is 3.93. The van der Waals surface area contributed by atoms with Crippen molar-refractivity contribution < 1.29 is 14.0 Å². The fourth-order valence-corrected chi connectivity index (χ4v) is 2.81. The van der Waals surface area contributed by atoms with Gasteiger partial charge in [0, 0.05) is 19.2 Å². The molecule has 3 rings (SSSR count). The van der Waals surface area contributed by atoms with E-state index in [4.69, 9.17) is 4.42 Å². The second-order valence-electron chi connectivity index (χ2n) is 6.15. The number of carbonyl (C=O) groups excluding carboxylic acids is 2. The lowest BCUT2D eigenvalue weighted by molar-refractivity contribution is -0.121. The van der Waals surface area contributed by atoms with Gasteiger partial charge in [0.1, 0.15) is 17.1 Å². The van der Waals surface area contributed by atoms with Crippen LogP contribution in [0, 0.1) is 13.8 Å². The highest BCUT2D eigenvalue weighted by Gasteiger charge is 2.17. The Balaban J connectivity index is 1.48. The average Bonchev–Trinajstić information content (AvgIpc) is 3.24. The molecule has 0 fully saturated rings. The zero-order chi connectivity index (χ0) is 18.5. The Morgan fingerprint density at radius 1 is 1.19 bits per heavy atom. The van der Waals surface area contributed by atoms with Gasteiger partial charge in [-0.05, 0) is 44.0 Å². The third-order valence-electron chi connectivity index (χ3n) is 4.14. The molecule has 2 N–H and O–H groups in total. The van der Waals surface area contributed by atoms with Crippen LogP contribution in [0.25, 0.3) is 5.65 Å². The maximum Gasteiger partial charge on any atom is 0.270 e. The molecule has 0 spiro atoms. The standard InChI is InChI=1S/C19H22N4O3/c1-13-6-4-10-23-17(14(2)22-18(13)23)19(25)20-9-3-8-16(24)21-12-15-7-5-11-26-15/h4-7,10-11H,3,8-9,12H2,1-2H3,(H,20,25)(H,21,24). The number of aromatic nitrogens is 2. The molecule has 26 heavy (non-hydrogen) atoms. The molecule has 0 bridgehead atoms. The molecule has 0 saturated carbocycles. The Morgan fingerprint density at radius 2 is 2.04 bits per heavy atom. The molecule has 0 unspecified atom stereocenters. The monoisotopic (exact) mass is 354 g/mol. The predicted molar refractivity (Wildman–Crippen MR) is 96.8 cm³/mol. The van der Waals surface area contributed by atoms with Crippen LogP contribution in [0.3, 0.4) is 0 Å². The van der Waals surface area contributed by atoms with E-state index in [0.717, 1.165) is 11.2 Å². The molecule has 0 aliphatic rings. The molecule has 0 aliphatic heterocycles. The summed E-state index contributed by atoms with van der Waals surface area (Å²) in [5.41, 5.74) is 3.02. The molecule has 3 heterocycles. The summed E-state index contributed by atoms with van der Waals surface area (Å²) in [7, 11) is 0. The van der Waals surface area contributed by atoms with E-state index < -0.39 is 0 Å². The van der Waals surface area contributed by atoms with Gasteiger partial charge < -0.3 is 15.1 Å². The number of amides is 2. The summed E-state index contributed by atoms with van der Waals surface area (Å²) >= 11 is 0. The first-order valence-corrected chi connectivity index (χ1v) is 8.58. The van der Waals surface area contributed by atoms with Gasteiger partial charge in [0.25, 0.3) is 5.91 Å². The van der Waals surface area contributed by atoms with Crippen molar-refractivity contribution in [3.8, 4) is 0 Å². The van der Waals surface area contributed by atoms with Gasteiger partial charge in [-0.3, -0.25) is 14.0 Å². The van der Waals surface area contributed by atoms with Crippen molar-refractivity contribution in [1.82, 2.24) is 20.0 Å². The number of hydrogen-bond donors (Lipinski definition) is 2. The van der Waals surface area contributed by atoms with Crippen molar-refractivity contribution >= 4 is 17.5 Å².